The van der Waals surface area contributed by atoms with Gasteiger partial charge in [-0.1, -0.05) is 11.8 Å². The van der Waals surface area contributed by atoms with Crippen LogP contribution in [0.2, 0.25) is 0 Å². The molecule has 0 radical (unpaired) electrons. The van der Waals surface area contributed by atoms with Gasteiger partial charge in [-0.2, -0.15) is 13.2 Å². The molecule has 1 saturated heterocycles. The smallest absolute Gasteiger partial charge is 0.287 e. The first kappa shape index (κ1) is 17.6. The number of carbonyl (C=O) groups is 1. The highest BCUT2D eigenvalue weighted by atomic mass is 32.2. The minimum absolute atomic E-state index is 0.0341. The molecule has 1 aliphatic heterocycles. The summed E-state index contributed by atoms with van der Waals surface area (Å²) < 4.78 is 51.3. The molecule has 0 atom stereocenters. The van der Waals surface area contributed by atoms with E-state index in [0.29, 0.717) is 27.4 Å². The number of halogens is 4. The molecule has 9 heteroatoms. The lowest BCUT2D eigenvalue weighted by molar-refractivity contribution is -0.124. The van der Waals surface area contributed by atoms with Gasteiger partial charge in [0.15, 0.2) is 5.17 Å². The standard InChI is InChI=1S/C15H14F4N2OS2/c1-8-4-10(16)11(5-12(8)24-7-15(17,18)19)20-14-21(9-2-3-9)13(22)6-23-14/h4-5,9H,2-3,6-7H2,1H3/b20-14-. The zero-order valence-corrected chi connectivity index (χ0v) is 14.3. The molecule has 0 bridgehead atoms. The molecule has 1 aromatic rings. The van der Waals surface area contributed by atoms with Gasteiger partial charge in [0.2, 0.25) is 5.91 Å². The van der Waals surface area contributed by atoms with Crippen molar-refractivity contribution in [1.82, 2.24) is 4.90 Å². The number of amides is 1. The van der Waals surface area contributed by atoms with E-state index in [1.165, 1.54) is 23.9 Å². The number of amidine groups is 1. The lowest BCUT2D eigenvalue weighted by Gasteiger charge is -2.15. The number of aryl methyl sites for hydroxylation is 1. The summed E-state index contributed by atoms with van der Waals surface area (Å²) in [6.45, 7) is 1.56. The van der Waals surface area contributed by atoms with E-state index in [1.54, 1.807) is 11.8 Å². The third-order valence-electron chi connectivity index (χ3n) is 3.56. The Morgan fingerprint density at radius 2 is 2.08 bits per heavy atom. The van der Waals surface area contributed by atoms with Gasteiger partial charge in [0.25, 0.3) is 0 Å². The Morgan fingerprint density at radius 3 is 2.71 bits per heavy atom. The molecule has 0 N–H and O–H groups in total. The first-order valence-electron chi connectivity index (χ1n) is 7.28. The maximum atomic E-state index is 14.1. The predicted octanol–water partition coefficient (Wildman–Crippen LogP) is 4.51. The van der Waals surface area contributed by atoms with Crippen molar-refractivity contribution < 1.29 is 22.4 Å². The minimum atomic E-state index is -4.30. The third kappa shape index (κ3) is 4.05. The Kier molecular flexibility index (Phi) is 4.83. The normalized spacial score (nSPS) is 20.3. The van der Waals surface area contributed by atoms with Crippen LogP contribution in [0.25, 0.3) is 0 Å². The average molecular weight is 378 g/mol. The zero-order valence-electron chi connectivity index (χ0n) is 12.7. The van der Waals surface area contributed by atoms with Gasteiger partial charge in [0, 0.05) is 10.9 Å². The van der Waals surface area contributed by atoms with E-state index in [9.17, 15) is 22.4 Å². The number of nitrogens with zero attached hydrogens (tertiary/aromatic N) is 2. The van der Waals surface area contributed by atoms with Crippen molar-refractivity contribution >= 4 is 40.3 Å². The highest BCUT2D eigenvalue weighted by Crippen LogP contribution is 2.37. The summed E-state index contributed by atoms with van der Waals surface area (Å²) in [7, 11) is 0. The van der Waals surface area contributed by atoms with Crippen LogP contribution in [0.1, 0.15) is 18.4 Å². The Balaban J connectivity index is 1.87. The van der Waals surface area contributed by atoms with Gasteiger partial charge in [-0.25, -0.2) is 9.38 Å². The molecule has 0 spiro atoms. The van der Waals surface area contributed by atoms with E-state index >= 15 is 0 Å². The van der Waals surface area contributed by atoms with Gasteiger partial charge in [-0.3, -0.25) is 9.69 Å². The number of hydrogen-bond donors (Lipinski definition) is 0. The minimum Gasteiger partial charge on any atom is -0.287 e. The second kappa shape index (κ2) is 6.59. The van der Waals surface area contributed by atoms with Gasteiger partial charge in [0.05, 0.1) is 11.5 Å². The summed E-state index contributed by atoms with van der Waals surface area (Å²) in [4.78, 5) is 18.0. The number of aliphatic imine (C=N–C) groups is 1. The summed E-state index contributed by atoms with van der Waals surface area (Å²) in [6, 6.07) is 2.63. The van der Waals surface area contributed by atoms with E-state index in [4.69, 9.17) is 0 Å². The summed E-state index contributed by atoms with van der Waals surface area (Å²) in [5.41, 5.74) is 0.396. The van der Waals surface area contributed by atoms with Crippen molar-refractivity contribution in [2.45, 2.75) is 36.9 Å². The second-order valence-corrected chi connectivity index (χ2v) is 7.61. The van der Waals surface area contributed by atoms with Gasteiger partial charge < -0.3 is 0 Å². The van der Waals surface area contributed by atoms with E-state index in [2.05, 4.69) is 4.99 Å². The SMILES string of the molecule is Cc1cc(F)c(/N=C2\SCC(=O)N2C2CC2)cc1SCC(F)(F)F. The van der Waals surface area contributed by atoms with Gasteiger partial charge in [-0.05, 0) is 37.5 Å². The van der Waals surface area contributed by atoms with Gasteiger partial charge in [0.1, 0.15) is 11.5 Å². The fourth-order valence-electron chi connectivity index (χ4n) is 2.30. The largest absolute Gasteiger partial charge is 0.398 e. The van der Waals surface area contributed by atoms with Crippen molar-refractivity contribution in [3.63, 3.8) is 0 Å². The number of alkyl halides is 3. The quantitative estimate of drug-likeness (QED) is 0.571. The fraction of sp³-hybridized carbons (Fsp3) is 0.467. The Labute approximate surface area is 144 Å². The zero-order chi connectivity index (χ0) is 17.5. The molecule has 1 heterocycles. The van der Waals surface area contributed by atoms with Crippen molar-refractivity contribution in [3.05, 3.63) is 23.5 Å². The van der Waals surface area contributed by atoms with Crippen molar-refractivity contribution in [1.29, 1.82) is 0 Å². The summed E-state index contributed by atoms with van der Waals surface area (Å²) in [5, 5.41) is 0.428. The van der Waals surface area contributed by atoms with Crippen LogP contribution in [0.3, 0.4) is 0 Å². The van der Waals surface area contributed by atoms with Crippen LogP contribution in [-0.4, -0.2) is 39.7 Å². The van der Waals surface area contributed by atoms with Crippen LogP contribution in [0, 0.1) is 12.7 Å². The topological polar surface area (TPSA) is 32.7 Å². The monoisotopic (exact) mass is 378 g/mol. The molecule has 1 saturated carbocycles. The molecule has 2 aliphatic rings. The van der Waals surface area contributed by atoms with Crippen LogP contribution < -0.4 is 0 Å². The molecule has 3 nitrogen and oxygen atoms in total. The molecule has 1 aromatic carbocycles. The maximum Gasteiger partial charge on any atom is 0.398 e. The van der Waals surface area contributed by atoms with Gasteiger partial charge >= 0.3 is 6.18 Å². The number of hydrogen-bond acceptors (Lipinski definition) is 4. The molecule has 1 amide bonds. The predicted molar refractivity (Wildman–Crippen MR) is 87.3 cm³/mol. The Morgan fingerprint density at radius 1 is 1.38 bits per heavy atom. The number of thioether (sulfide) groups is 2. The molecule has 24 heavy (non-hydrogen) atoms. The number of rotatable bonds is 4. The molecular weight excluding hydrogens is 364 g/mol. The fourth-order valence-corrected chi connectivity index (χ4v) is 4.04. The Hall–Kier alpha value is -1.22. The molecule has 2 fully saturated rings. The summed E-state index contributed by atoms with van der Waals surface area (Å²) in [6.07, 6.45) is -2.50. The van der Waals surface area contributed by atoms with Crippen LogP contribution in [0.4, 0.5) is 23.2 Å². The summed E-state index contributed by atoms with van der Waals surface area (Å²) in [5.74, 6) is -1.44. The van der Waals surface area contributed by atoms with E-state index < -0.39 is 17.7 Å². The Bertz CT molecular complexity index is 701. The highest BCUT2D eigenvalue weighted by Gasteiger charge is 2.40. The first-order chi connectivity index (χ1) is 11.2. The summed E-state index contributed by atoms with van der Waals surface area (Å²) >= 11 is 1.84. The van der Waals surface area contributed by atoms with E-state index in [0.717, 1.165) is 12.8 Å². The molecule has 3 rings (SSSR count). The molecule has 0 unspecified atom stereocenters. The van der Waals surface area contributed by atoms with Crippen LogP contribution >= 0.6 is 23.5 Å². The molecule has 130 valence electrons. The lowest BCUT2D eigenvalue weighted by atomic mass is 10.2. The van der Waals surface area contributed by atoms with Gasteiger partial charge in [-0.15, -0.1) is 11.8 Å². The molecule has 1 aliphatic carbocycles. The number of benzene rings is 1. The van der Waals surface area contributed by atoms with Crippen LogP contribution in [0.15, 0.2) is 22.0 Å². The molecule has 0 aromatic heterocycles. The van der Waals surface area contributed by atoms with E-state index in [-0.39, 0.29) is 23.4 Å². The lowest BCUT2D eigenvalue weighted by Crippen LogP contribution is -2.31. The first-order valence-corrected chi connectivity index (χ1v) is 9.25. The highest BCUT2D eigenvalue weighted by molar-refractivity contribution is 8.15. The van der Waals surface area contributed by atoms with Crippen molar-refractivity contribution in [3.8, 4) is 0 Å². The second-order valence-electron chi connectivity index (χ2n) is 5.65. The molecular formula is C15H14F4N2OS2. The number of carbonyl (C=O) groups excluding carboxylic acids is 1. The van der Waals surface area contributed by atoms with Crippen molar-refractivity contribution in [2.24, 2.45) is 4.99 Å². The third-order valence-corrected chi connectivity index (χ3v) is 5.72. The van der Waals surface area contributed by atoms with E-state index in [1.807, 2.05) is 0 Å². The van der Waals surface area contributed by atoms with Crippen LogP contribution in [0.5, 0.6) is 0 Å². The van der Waals surface area contributed by atoms with Crippen molar-refractivity contribution in [2.75, 3.05) is 11.5 Å². The van der Waals surface area contributed by atoms with Crippen LogP contribution in [-0.2, 0) is 4.79 Å². The average Bonchev–Trinajstić information content (AvgIpc) is 3.24. The maximum absolute atomic E-state index is 14.1.